The highest BCUT2D eigenvalue weighted by Crippen LogP contribution is 2.27. The highest BCUT2D eigenvalue weighted by atomic mass is 15.3. The van der Waals surface area contributed by atoms with Crippen LogP contribution < -0.4 is 10.6 Å². The quantitative estimate of drug-likeness (QED) is 0.875. The van der Waals surface area contributed by atoms with Gasteiger partial charge < -0.3 is 10.6 Å². The predicted octanol–water partition coefficient (Wildman–Crippen LogP) is 1.90. The normalized spacial score (nSPS) is 14.6. The molecule has 2 N–H and O–H groups in total. The first-order chi connectivity index (χ1) is 8.74. The zero-order chi connectivity index (χ0) is 12.5. The van der Waals surface area contributed by atoms with E-state index < -0.39 is 0 Å². The zero-order valence-electron chi connectivity index (χ0n) is 10.6. The predicted molar refractivity (Wildman–Crippen MR) is 73.8 cm³/mol. The summed E-state index contributed by atoms with van der Waals surface area (Å²) in [4.78, 5) is 2.32. The van der Waals surface area contributed by atoms with Crippen molar-refractivity contribution in [2.75, 3.05) is 24.2 Å². The van der Waals surface area contributed by atoms with E-state index in [1.165, 1.54) is 29.7 Å². The van der Waals surface area contributed by atoms with Crippen molar-refractivity contribution >= 4 is 11.5 Å². The lowest BCUT2D eigenvalue weighted by Gasteiger charge is -2.27. The number of nitrogen functional groups attached to an aromatic ring is 1. The number of aromatic nitrogens is 2. The van der Waals surface area contributed by atoms with Crippen LogP contribution >= 0.6 is 0 Å². The molecule has 0 saturated heterocycles. The summed E-state index contributed by atoms with van der Waals surface area (Å²) in [5.41, 5.74) is 9.90. The van der Waals surface area contributed by atoms with Crippen LogP contribution in [-0.2, 0) is 13.0 Å². The Morgan fingerprint density at radius 1 is 1.33 bits per heavy atom. The summed E-state index contributed by atoms with van der Waals surface area (Å²) in [6.07, 6.45) is 4.14. The summed E-state index contributed by atoms with van der Waals surface area (Å²) in [6.45, 7) is 1.90. The number of hydrogen-bond donors (Lipinski definition) is 1. The minimum absolute atomic E-state index is 0.713. The van der Waals surface area contributed by atoms with Gasteiger partial charge in [-0.25, -0.2) is 4.68 Å². The lowest BCUT2D eigenvalue weighted by atomic mass is 9.99. The average Bonchev–Trinajstić information content (AvgIpc) is 2.75. The Hall–Kier alpha value is -1.97. The molecule has 4 heteroatoms. The molecule has 0 saturated carbocycles. The zero-order valence-corrected chi connectivity index (χ0v) is 10.6. The third-order valence-electron chi connectivity index (χ3n) is 3.58. The van der Waals surface area contributed by atoms with Gasteiger partial charge in [-0.2, -0.15) is 5.10 Å². The van der Waals surface area contributed by atoms with Crippen molar-refractivity contribution < 1.29 is 0 Å². The second-order valence-corrected chi connectivity index (χ2v) is 4.90. The molecular weight excluding hydrogens is 224 g/mol. The van der Waals surface area contributed by atoms with Gasteiger partial charge in [-0.05, 0) is 36.1 Å². The van der Waals surface area contributed by atoms with Crippen LogP contribution in [0, 0.1) is 0 Å². The van der Waals surface area contributed by atoms with Crippen molar-refractivity contribution in [3.05, 3.63) is 41.6 Å². The Labute approximate surface area is 107 Å². The second-order valence-electron chi connectivity index (χ2n) is 4.90. The van der Waals surface area contributed by atoms with Gasteiger partial charge in [-0.3, -0.25) is 0 Å². The first-order valence-electron chi connectivity index (χ1n) is 6.34. The average molecular weight is 242 g/mol. The highest BCUT2D eigenvalue weighted by Gasteiger charge is 2.13. The third kappa shape index (κ3) is 1.94. The van der Waals surface area contributed by atoms with Gasteiger partial charge in [-0.15, -0.1) is 0 Å². The summed E-state index contributed by atoms with van der Waals surface area (Å²) in [5, 5.41) is 4.22. The number of benzene rings is 1. The molecule has 1 aromatic carbocycles. The molecule has 4 nitrogen and oxygen atoms in total. The fourth-order valence-corrected chi connectivity index (χ4v) is 2.58. The van der Waals surface area contributed by atoms with E-state index in [-0.39, 0.29) is 0 Å². The van der Waals surface area contributed by atoms with E-state index in [1.54, 1.807) is 6.20 Å². The molecule has 0 bridgehead atoms. The van der Waals surface area contributed by atoms with E-state index in [2.05, 4.69) is 35.2 Å². The van der Waals surface area contributed by atoms with E-state index in [0.29, 0.717) is 5.82 Å². The molecule has 3 rings (SSSR count). The molecule has 0 amide bonds. The smallest absolute Gasteiger partial charge is 0.122 e. The Balaban J connectivity index is 1.88. The molecule has 2 aromatic rings. The molecule has 2 heterocycles. The number of hydrogen-bond acceptors (Lipinski definition) is 3. The maximum absolute atomic E-state index is 5.84. The molecule has 0 fully saturated rings. The van der Waals surface area contributed by atoms with Crippen molar-refractivity contribution in [2.45, 2.75) is 19.4 Å². The van der Waals surface area contributed by atoms with Crippen LogP contribution in [0.5, 0.6) is 0 Å². The van der Waals surface area contributed by atoms with Crippen LogP contribution in [0.25, 0.3) is 0 Å². The molecule has 1 aliphatic rings. The van der Waals surface area contributed by atoms with Crippen molar-refractivity contribution in [2.24, 2.45) is 0 Å². The van der Waals surface area contributed by atoms with Crippen LogP contribution in [-0.4, -0.2) is 23.4 Å². The van der Waals surface area contributed by atoms with Crippen LogP contribution in [0.2, 0.25) is 0 Å². The molecule has 0 radical (unpaired) electrons. The summed E-state index contributed by atoms with van der Waals surface area (Å²) < 4.78 is 1.83. The van der Waals surface area contributed by atoms with Crippen LogP contribution in [0.1, 0.15) is 17.5 Å². The minimum Gasteiger partial charge on any atom is -0.384 e. The fourth-order valence-electron chi connectivity index (χ4n) is 2.58. The lowest BCUT2D eigenvalue weighted by molar-refractivity contribution is 0.692. The number of anilines is 2. The Bertz CT molecular complexity index is 559. The maximum Gasteiger partial charge on any atom is 0.122 e. The highest BCUT2D eigenvalue weighted by molar-refractivity contribution is 5.56. The molecule has 1 aliphatic heterocycles. The van der Waals surface area contributed by atoms with Crippen molar-refractivity contribution in [3.63, 3.8) is 0 Å². The maximum atomic E-state index is 5.84. The summed E-state index contributed by atoms with van der Waals surface area (Å²) in [7, 11) is 2.16. The first kappa shape index (κ1) is 11.1. The molecule has 18 heavy (non-hydrogen) atoms. The van der Waals surface area contributed by atoms with Gasteiger partial charge >= 0.3 is 0 Å². The molecule has 0 spiro atoms. The van der Waals surface area contributed by atoms with Gasteiger partial charge in [0.05, 0.1) is 12.7 Å². The summed E-state index contributed by atoms with van der Waals surface area (Å²) >= 11 is 0. The van der Waals surface area contributed by atoms with Gasteiger partial charge in [0.25, 0.3) is 0 Å². The molecule has 94 valence electrons. The Morgan fingerprint density at radius 3 is 3.00 bits per heavy atom. The van der Waals surface area contributed by atoms with E-state index in [0.717, 1.165) is 13.1 Å². The van der Waals surface area contributed by atoms with E-state index in [9.17, 15) is 0 Å². The van der Waals surface area contributed by atoms with Crippen LogP contribution in [0.3, 0.4) is 0 Å². The lowest BCUT2D eigenvalue weighted by Crippen LogP contribution is -2.24. The number of aryl methyl sites for hydroxylation is 1. The van der Waals surface area contributed by atoms with E-state index in [1.807, 2.05) is 10.7 Å². The second kappa shape index (κ2) is 4.37. The monoisotopic (exact) mass is 242 g/mol. The topological polar surface area (TPSA) is 47.1 Å². The van der Waals surface area contributed by atoms with Gasteiger partial charge in [0, 0.05) is 19.3 Å². The fraction of sp³-hybridized carbons (Fsp3) is 0.357. The van der Waals surface area contributed by atoms with Crippen molar-refractivity contribution in [3.8, 4) is 0 Å². The molecule has 0 atom stereocenters. The summed E-state index contributed by atoms with van der Waals surface area (Å²) in [6, 6.07) is 8.49. The van der Waals surface area contributed by atoms with Crippen LogP contribution in [0.15, 0.2) is 30.5 Å². The van der Waals surface area contributed by atoms with Gasteiger partial charge in [0.15, 0.2) is 0 Å². The number of nitrogens with zero attached hydrogens (tertiary/aromatic N) is 3. The van der Waals surface area contributed by atoms with Gasteiger partial charge in [0.1, 0.15) is 5.82 Å². The Morgan fingerprint density at radius 2 is 2.22 bits per heavy atom. The molecular formula is C14H18N4. The van der Waals surface area contributed by atoms with Crippen molar-refractivity contribution in [1.82, 2.24) is 9.78 Å². The Kier molecular flexibility index (Phi) is 2.70. The van der Waals surface area contributed by atoms with Crippen molar-refractivity contribution in [1.29, 1.82) is 0 Å². The van der Waals surface area contributed by atoms with Crippen LogP contribution in [0.4, 0.5) is 11.5 Å². The molecule has 0 unspecified atom stereocenters. The number of nitrogens with two attached hydrogens (primary N) is 1. The SMILES string of the molecule is CN1CCCc2cc(Cn3nccc3N)ccc21. The van der Waals surface area contributed by atoms with E-state index >= 15 is 0 Å². The van der Waals surface area contributed by atoms with E-state index in [4.69, 9.17) is 5.73 Å². The number of fused-ring (bicyclic) bond motifs is 1. The first-order valence-corrected chi connectivity index (χ1v) is 6.34. The standard InChI is InChI=1S/C14H18N4/c1-17-8-2-3-12-9-11(4-5-13(12)17)10-18-14(15)6-7-16-18/h4-7,9H,2-3,8,10,15H2,1H3. The largest absolute Gasteiger partial charge is 0.384 e. The summed E-state index contributed by atoms with van der Waals surface area (Å²) in [5.74, 6) is 0.713. The molecule has 0 aliphatic carbocycles. The van der Waals surface area contributed by atoms with Gasteiger partial charge in [-0.1, -0.05) is 12.1 Å². The third-order valence-corrected chi connectivity index (χ3v) is 3.58. The van der Waals surface area contributed by atoms with Gasteiger partial charge in [0.2, 0.25) is 0 Å². The number of rotatable bonds is 2. The molecule has 1 aromatic heterocycles. The minimum atomic E-state index is 0.713.